The third-order valence-electron chi connectivity index (χ3n) is 4.50. The zero-order chi connectivity index (χ0) is 22.3. The molecule has 1 amide bonds. The number of hydrogen-bond acceptors (Lipinski definition) is 6. The fourth-order valence-corrected chi connectivity index (χ4v) is 3.05. The third kappa shape index (κ3) is 4.81. The number of benzene rings is 2. The van der Waals surface area contributed by atoms with E-state index in [1.54, 1.807) is 19.1 Å². The fraction of sp³-hybridized carbons (Fsp3) is 0.217. The van der Waals surface area contributed by atoms with Crippen molar-refractivity contribution < 1.29 is 28.5 Å². The number of allylic oxidation sites excluding steroid dienone is 1. The van der Waals surface area contributed by atoms with Gasteiger partial charge in [0.05, 0.1) is 39.6 Å². The molecule has 0 aliphatic rings. The van der Waals surface area contributed by atoms with E-state index >= 15 is 0 Å². The van der Waals surface area contributed by atoms with Gasteiger partial charge in [-0.3, -0.25) is 4.79 Å². The standard InChI is InChI=1S/C23H25NO6/c1-14(16-9-7-6-8-10-16)20(22(24)25)17(23(26)30-5)11-15-12-18(27-2)21(29-4)19(13-15)28-3/h6-13H,1-5H3,(H2,24,25). The molecule has 0 saturated carbocycles. The zero-order valence-electron chi connectivity index (χ0n) is 17.6. The first-order valence-electron chi connectivity index (χ1n) is 9.04. The molecular weight excluding hydrogens is 386 g/mol. The SMILES string of the molecule is COC(=O)C(=Cc1cc(OC)c(OC)c(OC)c1)C(C(N)=O)=C(C)c1ccccc1. The Morgan fingerprint density at radius 1 is 0.900 bits per heavy atom. The lowest BCUT2D eigenvalue weighted by Crippen LogP contribution is -2.21. The largest absolute Gasteiger partial charge is 0.493 e. The molecule has 30 heavy (non-hydrogen) atoms. The molecule has 2 N–H and O–H groups in total. The normalized spacial score (nSPS) is 12.0. The van der Waals surface area contributed by atoms with Crippen molar-refractivity contribution in [2.24, 2.45) is 5.73 Å². The summed E-state index contributed by atoms with van der Waals surface area (Å²) in [5.74, 6) is -0.246. The van der Waals surface area contributed by atoms with E-state index in [0.717, 1.165) is 5.56 Å². The molecule has 0 saturated heterocycles. The maximum Gasteiger partial charge on any atom is 0.338 e. The molecule has 2 aromatic rings. The lowest BCUT2D eigenvalue weighted by atomic mass is 9.93. The van der Waals surface area contributed by atoms with Gasteiger partial charge in [0.2, 0.25) is 11.7 Å². The number of esters is 1. The highest BCUT2D eigenvalue weighted by molar-refractivity contribution is 6.15. The van der Waals surface area contributed by atoms with Crippen molar-refractivity contribution >= 4 is 23.5 Å². The van der Waals surface area contributed by atoms with Gasteiger partial charge in [0, 0.05) is 0 Å². The third-order valence-corrected chi connectivity index (χ3v) is 4.50. The van der Waals surface area contributed by atoms with Crippen LogP contribution in [0.2, 0.25) is 0 Å². The van der Waals surface area contributed by atoms with Crippen LogP contribution in [0.3, 0.4) is 0 Å². The van der Waals surface area contributed by atoms with Gasteiger partial charge in [-0.25, -0.2) is 4.79 Å². The number of methoxy groups -OCH3 is 4. The molecule has 0 bridgehead atoms. The summed E-state index contributed by atoms with van der Waals surface area (Å²) in [6, 6.07) is 12.5. The topological polar surface area (TPSA) is 97.1 Å². The highest BCUT2D eigenvalue weighted by atomic mass is 16.5. The van der Waals surface area contributed by atoms with Gasteiger partial charge in [-0.05, 0) is 41.8 Å². The van der Waals surface area contributed by atoms with Gasteiger partial charge < -0.3 is 24.7 Å². The number of nitrogens with two attached hydrogens (primary N) is 1. The van der Waals surface area contributed by atoms with Crippen molar-refractivity contribution in [3.63, 3.8) is 0 Å². The molecule has 7 nitrogen and oxygen atoms in total. The van der Waals surface area contributed by atoms with Crippen LogP contribution in [0.5, 0.6) is 17.2 Å². The molecule has 0 heterocycles. The van der Waals surface area contributed by atoms with Crippen LogP contribution in [0.1, 0.15) is 18.1 Å². The van der Waals surface area contributed by atoms with Crippen molar-refractivity contribution in [1.29, 1.82) is 0 Å². The number of hydrogen-bond donors (Lipinski definition) is 1. The van der Waals surface area contributed by atoms with E-state index in [9.17, 15) is 9.59 Å². The number of amides is 1. The molecule has 2 rings (SSSR count). The second-order valence-electron chi connectivity index (χ2n) is 6.24. The van der Waals surface area contributed by atoms with Crippen molar-refractivity contribution in [3.05, 3.63) is 64.7 Å². The summed E-state index contributed by atoms with van der Waals surface area (Å²) in [7, 11) is 5.70. The Labute approximate surface area is 175 Å². The molecule has 158 valence electrons. The summed E-state index contributed by atoms with van der Waals surface area (Å²) in [5, 5.41) is 0. The molecule has 0 aromatic heterocycles. The van der Waals surface area contributed by atoms with Crippen LogP contribution >= 0.6 is 0 Å². The van der Waals surface area contributed by atoms with E-state index in [1.165, 1.54) is 34.5 Å². The summed E-state index contributed by atoms with van der Waals surface area (Å²) < 4.78 is 21.0. The van der Waals surface area contributed by atoms with Crippen LogP contribution < -0.4 is 19.9 Å². The van der Waals surface area contributed by atoms with Crippen LogP contribution in [0.25, 0.3) is 11.6 Å². The monoisotopic (exact) mass is 411 g/mol. The van der Waals surface area contributed by atoms with Crippen LogP contribution in [-0.2, 0) is 14.3 Å². The second kappa shape index (κ2) is 10.2. The van der Waals surface area contributed by atoms with Gasteiger partial charge in [0.25, 0.3) is 0 Å². The van der Waals surface area contributed by atoms with E-state index < -0.39 is 11.9 Å². The summed E-state index contributed by atoms with van der Waals surface area (Å²) >= 11 is 0. The number of carbonyl (C=O) groups excluding carboxylic acids is 2. The maximum absolute atomic E-state index is 12.6. The van der Waals surface area contributed by atoms with Gasteiger partial charge in [0.1, 0.15) is 0 Å². The van der Waals surface area contributed by atoms with Crippen molar-refractivity contribution in [2.75, 3.05) is 28.4 Å². The van der Waals surface area contributed by atoms with Gasteiger partial charge in [-0.15, -0.1) is 0 Å². The Hall–Kier alpha value is -3.74. The minimum Gasteiger partial charge on any atom is -0.493 e. The van der Waals surface area contributed by atoms with E-state index in [1.807, 2.05) is 30.3 Å². The van der Waals surface area contributed by atoms with Crippen LogP contribution in [0.4, 0.5) is 0 Å². The van der Waals surface area contributed by atoms with Crippen molar-refractivity contribution in [1.82, 2.24) is 0 Å². The van der Waals surface area contributed by atoms with Crippen LogP contribution in [0.15, 0.2) is 53.6 Å². The molecule has 7 heteroatoms. The molecule has 2 aromatic carbocycles. The first-order chi connectivity index (χ1) is 14.4. The predicted octanol–water partition coefficient (Wildman–Crippen LogP) is 3.23. The molecule has 0 radical (unpaired) electrons. The average Bonchev–Trinajstić information content (AvgIpc) is 2.77. The van der Waals surface area contributed by atoms with Gasteiger partial charge in [-0.2, -0.15) is 0 Å². The van der Waals surface area contributed by atoms with E-state index in [-0.39, 0.29) is 11.1 Å². The molecular formula is C23H25NO6. The van der Waals surface area contributed by atoms with Crippen molar-refractivity contribution in [2.45, 2.75) is 6.92 Å². The lowest BCUT2D eigenvalue weighted by Gasteiger charge is -2.15. The summed E-state index contributed by atoms with van der Waals surface area (Å²) in [5.41, 5.74) is 7.57. The minimum absolute atomic E-state index is 0.0145. The molecule has 0 fully saturated rings. The number of primary amides is 1. The van der Waals surface area contributed by atoms with Crippen LogP contribution in [0, 0.1) is 0 Å². The number of carbonyl (C=O) groups is 2. The van der Waals surface area contributed by atoms with E-state index in [2.05, 4.69) is 0 Å². The number of rotatable bonds is 8. The van der Waals surface area contributed by atoms with Crippen LogP contribution in [-0.4, -0.2) is 40.3 Å². The summed E-state index contributed by atoms with van der Waals surface area (Å²) in [4.78, 5) is 25.0. The molecule has 0 atom stereocenters. The molecule has 0 spiro atoms. The minimum atomic E-state index is -0.750. The summed E-state index contributed by atoms with van der Waals surface area (Å²) in [6.45, 7) is 1.72. The number of ether oxygens (including phenoxy) is 4. The second-order valence-corrected chi connectivity index (χ2v) is 6.24. The maximum atomic E-state index is 12.6. The summed E-state index contributed by atoms with van der Waals surface area (Å²) in [6.07, 6.45) is 1.50. The highest BCUT2D eigenvalue weighted by Gasteiger charge is 2.24. The Morgan fingerprint density at radius 3 is 1.90 bits per heavy atom. The Balaban J connectivity index is 2.77. The smallest absolute Gasteiger partial charge is 0.338 e. The van der Waals surface area contributed by atoms with Crippen molar-refractivity contribution in [3.8, 4) is 17.2 Å². The molecule has 0 aliphatic heterocycles. The van der Waals surface area contributed by atoms with Gasteiger partial charge in [-0.1, -0.05) is 30.3 Å². The Bertz CT molecular complexity index is 967. The zero-order valence-corrected chi connectivity index (χ0v) is 17.6. The van der Waals surface area contributed by atoms with Gasteiger partial charge in [0.15, 0.2) is 11.5 Å². The molecule has 0 aliphatic carbocycles. The van der Waals surface area contributed by atoms with Gasteiger partial charge >= 0.3 is 5.97 Å². The first kappa shape index (κ1) is 22.5. The predicted molar refractivity (Wildman–Crippen MR) is 114 cm³/mol. The first-order valence-corrected chi connectivity index (χ1v) is 9.04. The molecule has 0 unspecified atom stereocenters. The Morgan fingerprint density at radius 2 is 1.47 bits per heavy atom. The quantitative estimate of drug-likeness (QED) is 0.407. The van der Waals surface area contributed by atoms with E-state index in [0.29, 0.717) is 28.4 Å². The lowest BCUT2D eigenvalue weighted by molar-refractivity contribution is -0.136. The Kier molecular flexibility index (Phi) is 7.63. The highest BCUT2D eigenvalue weighted by Crippen LogP contribution is 2.39. The average molecular weight is 411 g/mol. The van der Waals surface area contributed by atoms with E-state index in [4.69, 9.17) is 24.7 Å². The fourth-order valence-electron chi connectivity index (χ4n) is 3.05.